The quantitative estimate of drug-likeness (QED) is 0.559. The van der Waals surface area contributed by atoms with Gasteiger partial charge in [-0.05, 0) is 49.4 Å². The first-order valence-corrected chi connectivity index (χ1v) is 11.1. The lowest BCUT2D eigenvalue weighted by molar-refractivity contribution is -0.122. The average Bonchev–Trinajstić information content (AvgIpc) is 2.94. The second kappa shape index (κ2) is 8.83. The van der Waals surface area contributed by atoms with Gasteiger partial charge in [-0.2, -0.15) is 0 Å². The Kier molecular flexibility index (Phi) is 6.35. The number of hydrogen-bond donors (Lipinski definition) is 2. The fourth-order valence-corrected chi connectivity index (χ4v) is 5.15. The Hall–Kier alpha value is -1.66. The Balaban J connectivity index is 1.43. The first kappa shape index (κ1) is 21.6. The highest BCUT2D eigenvalue weighted by Crippen LogP contribution is 2.41. The molecule has 1 amide bonds. The Morgan fingerprint density at radius 2 is 1.80 bits per heavy atom. The van der Waals surface area contributed by atoms with Crippen LogP contribution in [0.2, 0.25) is 15.1 Å². The van der Waals surface area contributed by atoms with Gasteiger partial charge < -0.3 is 15.8 Å². The number of carbonyl (C=O) groups excluding carboxylic acids is 1. The van der Waals surface area contributed by atoms with Crippen LogP contribution < -0.4 is 15.8 Å². The van der Waals surface area contributed by atoms with Gasteiger partial charge in [-0.25, -0.2) is 0 Å². The number of ether oxygens (including phenoxy) is 1. The zero-order chi connectivity index (χ0) is 21.4. The Morgan fingerprint density at radius 3 is 2.43 bits per heavy atom. The summed E-state index contributed by atoms with van der Waals surface area (Å²) in [5.74, 6) is 0.457. The molecule has 8 heteroatoms. The summed E-state index contributed by atoms with van der Waals surface area (Å²) in [7, 11) is 1.54. The zero-order valence-corrected chi connectivity index (χ0v) is 18.9. The van der Waals surface area contributed by atoms with Crippen LogP contribution in [0.4, 0.5) is 11.4 Å². The molecule has 2 aliphatic rings. The van der Waals surface area contributed by atoms with Crippen molar-refractivity contribution < 1.29 is 9.53 Å². The molecule has 2 aromatic carbocycles. The summed E-state index contributed by atoms with van der Waals surface area (Å²) >= 11 is 18.3. The molecule has 0 aromatic heterocycles. The molecule has 0 spiro atoms. The van der Waals surface area contributed by atoms with Crippen molar-refractivity contribution in [2.24, 2.45) is 5.92 Å². The van der Waals surface area contributed by atoms with Crippen molar-refractivity contribution in [2.45, 2.75) is 44.3 Å². The van der Waals surface area contributed by atoms with Gasteiger partial charge in [0.1, 0.15) is 5.75 Å². The molecule has 0 saturated carbocycles. The summed E-state index contributed by atoms with van der Waals surface area (Å²) in [4.78, 5) is 15.5. The predicted octanol–water partition coefficient (Wildman–Crippen LogP) is 5.62. The van der Waals surface area contributed by atoms with Gasteiger partial charge in [0.2, 0.25) is 5.91 Å². The average molecular weight is 469 g/mol. The van der Waals surface area contributed by atoms with E-state index in [4.69, 9.17) is 45.3 Å². The van der Waals surface area contributed by atoms with Gasteiger partial charge in [-0.1, -0.05) is 40.9 Å². The molecular weight excluding hydrogens is 445 g/mol. The Morgan fingerprint density at radius 1 is 1.10 bits per heavy atom. The molecule has 2 aliphatic heterocycles. The largest absolute Gasteiger partial charge is 0.494 e. The van der Waals surface area contributed by atoms with Crippen molar-refractivity contribution >= 4 is 52.1 Å². The number of benzene rings is 2. The third kappa shape index (κ3) is 4.35. The maximum atomic E-state index is 13.0. The van der Waals surface area contributed by atoms with Gasteiger partial charge in [0, 0.05) is 30.6 Å². The van der Waals surface area contributed by atoms with Gasteiger partial charge in [-0.3, -0.25) is 9.69 Å². The number of methoxy groups -OCH3 is 1. The number of nitrogens with one attached hydrogen (secondary N) is 1. The number of piperidine rings is 1. The molecule has 2 atom stereocenters. The number of nitrogen functional groups attached to an aromatic ring is 1. The van der Waals surface area contributed by atoms with Crippen LogP contribution in [-0.4, -0.2) is 30.0 Å². The van der Waals surface area contributed by atoms with Crippen LogP contribution in [0.5, 0.6) is 5.75 Å². The molecule has 5 nitrogen and oxygen atoms in total. The monoisotopic (exact) mass is 467 g/mol. The summed E-state index contributed by atoms with van der Waals surface area (Å²) < 4.78 is 5.34. The van der Waals surface area contributed by atoms with Crippen LogP contribution in [0.1, 0.15) is 31.2 Å². The lowest BCUT2D eigenvalue weighted by atomic mass is 9.89. The molecule has 2 unspecified atom stereocenters. The summed E-state index contributed by atoms with van der Waals surface area (Å²) in [6.45, 7) is 0.821. The van der Waals surface area contributed by atoms with Crippen LogP contribution in [0, 0.1) is 5.92 Å². The Labute approximate surface area is 191 Å². The fraction of sp³-hybridized carbons (Fsp3) is 0.409. The van der Waals surface area contributed by atoms with Crippen LogP contribution in [0.25, 0.3) is 0 Å². The topological polar surface area (TPSA) is 67.6 Å². The van der Waals surface area contributed by atoms with Gasteiger partial charge in [0.25, 0.3) is 0 Å². The first-order valence-electron chi connectivity index (χ1n) is 9.99. The SMILES string of the molecule is COc1cc(N)c(Cl)cc1NC(=O)C1CC2CCC(C1)N2Cc1ccc(Cl)c(Cl)c1. The van der Waals surface area contributed by atoms with Crippen molar-refractivity contribution in [1.29, 1.82) is 0 Å². The van der Waals surface area contributed by atoms with Crippen molar-refractivity contribution in [1.82, 2.24) is 4.90 Å². The van der Waals surface area contributed by atoms with E-state index in [2.05, 4.69) is 10.2 Å². The summed E-state index contributed by atoms with van der Waals surface area (Å²) in [6, 6.07) is 9.81. The minimum absolute atomic E-state index is 0.000209. The highest BCUT2D eigenvalue weighted by atomic mass is 35.5. The van der Waals surface area contributed by atoms with Crippen molar-refractivity contribution in [3.8, 4) is 5.75 Å². The predicted molar refractivity (Wildman–Crippen MR) is 123 cm³/mol. The van der Waals surface area contributed by atoms with E-state index in [1.165, 1.54) is 0 Å². The molecule has 2 bridgehead atoms. The molecule has 2 heterocycles. The number of rotatable bonds is 5. The third-order valence-corrected chi connectivity index (χ3v) is 7.25. The molecule has 2 saturated heterocycles. The van der Waals surface area contributed by atoms with E-state index in [-0.39, 0.29) is 11.8 Å². The standard InChI is InChI=1S/C22H24Cl3N3O2/c1-30-21-10-19(26)18(25)9-20(21)27-22(29)13-7-14-3-4-15(8-13)28(14)11-12-2-5-16(23)17(24)6-12/h2,5-6,9-10,13-15H,3-4,7-8,11,26H2,1H3,(H,27,29). The van der Waals surface area contributed by atoms with Gasteiger partial charge in [0.15, 0.2) is 0 Å². The number of nitrogens with zero attached hydrogens (tertiary/aromatic N) is 1. The van der Waals surface area contributed by atoms with Crippen LogP contribution in [-0.2, 0) is 11.3 Å². The van der Waals surface area contributed by atoms with Crippen molar-refractivity contribution in [2.75, 3.05) is 18.2 Å². The number of fused-ring (bicyclic) bond motifs is 2. The normalized spacial score (nSPS) is 23.4. The fourth-order valence-electron chi connectivity index (χ4n) is 4.67. The molecule has 2 fully saturated rings. The highest BCUT2D eigenvalue weighted by Gasteiger charge is 2.42. The number of carbonyl (C=O) groups is 1. The number of anilines is 2. The molecule has 0 aliphatic carbocycles. The lowest BCUT2D eigenvalue weighted by Crippen LogP contribution is -2.45. The maximum Gasteiger partial charge on any atom is 0.227 e. The number of hydrogen-bond acceptors (Lipinski definition) is 4. The van der Waals surface area contributed by atoms with Gasteiger partial charge in [0.05, 0.1) is 33.6 Å². The van der Waals surface area contributed by atoms with Gasteiger partial charge in [-0.15, -0.1) is 0 Å². The molecule has 4 rings (SSSR count). The number of halogens is 3. The first-order chi connectivity index (χ1) is 14.4. The molecule has 160 valence electrons. The molecule has 3 N–H and O–H groups in total. The zero-order valence-electron chi connectivity index (χ0n) is 16.6. The molecule has 2 aromatic rings. The summed E-state index contributed by atoms with van der Waals surface area (Å²) in [5, 5.41) is 4.53. The minimum Gasteiger partial charge on any atom is -0.494 e. The second-order valence-corrected chi connectivity index (χ2v) is 9.26. The minimum atomic E-state index is -0.0476. The smallest absolute Gasteiger partial charge is 0.227 e. The van der Waals surface area contributed by atoms with Crippen molar-refractivity contribution in [3.63, 3.8) is 0 Å². The van der Waals surface area contributed by atoms with E-state index in [1.54, 1.807) is 19.2 Å². The lowest BCUT2D eigenvalue weighted by Gasteiger charge is -2.38. The summed E-state index contributed by atoms with van der Waals surface area (Å²) in [6.07, 6.45) is 3.86. The maximum absolute atomic E-state index is 13.0. The summed E-state index contributed by atoms with van der Waals surface area (Å²) in [5.41, 5.74) is 7.94. The number of nitrogens with two attached hydrogens (primary N) is 1. The van der Waals surface area contributed by atoms with E-state index < -0.39 is 0 Å². The Bertz CT molecular complexity index is 955. The molecule has 30 heavy (non-hydrogen) atoms. The molecule has 0 radical (unpaired) electrons. The van der Waals surface area contributed by atoms with Crippen LogP contribution >= 0.6 is 34.8 Å². The van der Waals surface area contributed by atoms with Crippen molar-refractivity contribution in [3.05, 3.63) is 51.0 Å². The van der Waals surface area contributed by atoms with E-state index in [9.17, 15) is 4.79 Å². The van der Waals surface area contributed by atoms with E-state index in [0.29, 0.717) is 44.3 Å². The van der Waals surface area contributed by atoms with Gasteiger partial charge >= 0.3 is 0 Å². The highest BCUT2D eigenvalue weighted by molar-refractivity contribution is 6.42. The van der Waals surface area contributed by atoms with E-state index in [1.807, 2.05) is 18.2 Å². The van der Waals surface area contributed by atoms with Crippen LogP contribution in [0.15, 0.2) is 30.3 Å². The second-order valence-electron chi connectivity index (χ2n) is 8.04. The third-order valence-electron chi connectivity index (χ3n) is 6.18. The van der Waals surface area contributed by atoms with E-state index >= 15 is 0 Å². The van der Waals surface area contributed by atoms with E-state index in [0.717, 1.165) is 37.8 Å². The molecular formula is C22H24Cl3N3O2. The number of amides is 1. The van der Waals surface area contributed by atoms with Crippen LogP contribution in [0.3, 0.4) is 0 Å².